The molecular weight excluding hydrogens is 373 g/mol. The maximum absolute atomic E-state index is 13.1. The van der Waals surface area contributed by atoms with E-state index >= 15 is 0 Å². The molecule has 134 valence electrons. The van der Waals surface area contributed by atoms with Crippen molar-refractivity contribution in [2.45, 2.75) is 17.0 Å². The van der Waals surface area contributed by atoms with Crippen LogP contribution in [0.1, 0.15) is 17.0 Å². The molecule has 0 amide bonds. The van der Waals surface area contributed by atoms with Gasteiger partial charge in [0.05, 0.1) is 16.6 Å². The van der Waals surface area contributed by atoms with E-state index in [9.17, 15) is 18.4 Å². The number of hydrogen-bond acceptors (Lipinski definition) is 4. The van der Waals surface area contributed by atoms with Gasteiger partial charge in [-0.1, -0.05) is 24.3 Å². The Morgan fingerprint density at radius 3 is 2.63 bits per heavy atom. The largest absolute Gasteiger partial charge is 0.451 e. The van der Waals surface area contributed by atoms with Crippen LogP contribution < -0.4 is 0 Å². The van der Waals surface area contributed by atoms with Gasteiger partial charge in [-0.05, 0) is 23.8 Å². The number of rotatable bonds is 3. The second-order valence-electron chi connectivity index (χ2n) is 5.79. The van der Waals surface area contributed by atoms with Crippen LogP contribution in [-0.2, 0) is 11.9 Å². The lowest BCUT2D eigenvalue weighted by Crippen LogP contribution is -2.11. The number of para-hydroxylation sites is 1. The molecule has 0 aliphatic heterocycles. The standard InChI is InChI=1S/C19H11F3N4S/c20-19(21,22)18-24-15-6-2-1-5-13(15)17(25-18)27-11-12-10-26-8-4-3-7-16(26)14(12)9-23/h1-8,10H,11H2. The third-order valence-corrected chi connectivity index (χ3v) is 5.10. The molecule has 0 spiro atoms. The van der Waals surface area contributed by atoms with Crippen molar-refractivity contribution in [1.29, 1.82) is 5.26 Å². The summed E-state index contributed by atoms with van der Waals surface area (Å²) < 4.78 is 41.2. The van der Waals surface area contributed by atoms with Crippen LogP contribution in [0.5, 0.6) is 0 Å². The highest BCUT2D eigenvalue weighted by Gasteiger charge is 2.35. The van der Waals surface area contributed by atoms with Gasteiger partial charge in [-0.25, -0.2) is 9.97 Å². The van der Waals surface area contributed by atoms with Gasteiger partial charge in [-0.3, -0.25) is 0 Å². The molecule has 4 aromatic rings. The van der Waals surface area contributed by atoms with E-state index < -0.39 is 12.0 Å². The van der Waals surface area contributed by atoms with Gasteiger partial charge in [-0.15, -0.1) is 11.8 Å². The minimum absolute atomic E-state index is 0.241. The van der Waals surface area contributed by atoms with Crippen LogP contribution in [0.2, 0.25) is 0 Å². The van der Waals surface area contributed by atoms with E-state index in [0.717, 1.165) is 22.8 Å². The first-order chi connectivity index (χ1) is 13.0. The summed E-state index contributed by atoms with van der Waals surface area (Å²) in [6, 6.07) is 14.3. The number of benzene rings is 1. The molecular formula is C19H11F3N4S. The average molecular weight is 384 g/mol. The van der Waals surface area contributed by atoms with Crippen LogP contribution in [0.15, 0.2) is 59.9 Å². The van der Waals surface area contributed by atoms with E-state index in [1.807, 2.05) is 35.0 Å². The lowest BCUT2D eigenvalue weighted by Gasteiger charge is -2.10. The Morgan fingerprint density at radius 1 is 1.07 bits per heavy atom. The van der Waals surface area contributed by atoms with Crippen molar-refractivity contribution >= 4 is 28.2 Å². The molecule has 0 bridgehead atoms. The van der Waals surface area contributed by atoms with Gasteiger partial charge in [0.25, 0.3) is 0 Å². The van der Waals surface area contributed by atoms with Crippen LogP contribution in [0.25, 0.3) is 16.4 Å². The first-order valence-corrected chi connectivity index (χ1v) is 8.91. The van der Waals surface area contributed by atoms with Crippen molar-refractivity contribution in [3.63, 3.8) is 0 Å². The smallest absolute Gasteiger partial charge is 0.322 e. The minimum Gasteiger partial charge on any atom is -0.322 e. The van der Waals surface area contributed by atoms with Gasteiger partial charge in [0, 0.05) is 23.5 Å². The van der Waals surface area contributed by atoms with Crippen LogP contribution in [0.3, 0.4) is 0 Å². The maximum Gasteiger partial charge on any atom is 0.451 e. The number of fused-ring (bicyclic) bond motifs is 2. The number of nitrogens with zero attached hydrogens (tertiary/aromatic N) is 4. The van der Waals surface area contributed by atoms with Gasteiger partial charge in [0.1, 0.15) is 11.1 Å². The molecule has 0 saturated carbocycles. The minimum atomic E-state index is -4.62. The molecule has 0 aliphatic carbocycles. The van der Waals surface area contributed by atoms with Crippen LogP contribution in [0, 0.1) is 11.3 Å². The van der Waals surface area contributed by atoms with Gasteiger partial charge < -0.3 is 4.40 Å². The molecule has 3 aromatic heterocycles. The summed E-state index contributed by atoms with van der Waals surface area (Å²) in [4.78, 5) is 7.36. The molecule has 0 aliphatic rings. The Bertz CT molecular complexity index is 1190. The van der Waals surface area contributed by atoms with E-state index in [4.69, 9.17) is 0 Å². The number of thioether (sulfide) groups is 1. The second kappa shape index (κ2) is 6.59. The number of nitriles is 1. The van der Waals surface area contributed by atoms with Crippen molar-refractivity contribution in [3.8, 4) is 6.07 Å². The molecule has 0 unspecified atom stereocenters. The molecule has 0 fully saturated rings. The Hall–Kier alpha value is -3.05. The fraction of sp³-hybridized carbons (Fsp3) is 0.105. The van der Waals surface area contributed by atoms with E-state index in [1.54, 1.807) is 18.2 Å². The lowest BCUT2D eigenvalue weighted by atomic mass is 10.2. The summed E-state index contributed by atoms with van der Waals surface area (Å²) in [5, 5.41) is 10.3. The van der Waals surface area contributed by atoms with Crippen molar-refractivity contribution < 1.29 is 13.2 Å². The molecule has 1 aromatic carbocycles. The fourth-order valence-electron chi connectivity index (χ4n) is 2.85. The first kappa shape index (κ1) is 17.4. The second-order valence-corrected chi connectivity index (χ2v) is 6.75. The quantitative estimate of drug-likeness (QED) is 0.366. The van der Waals surface area contributed by atoms with Crippen LogP contribution in [0.4, 0.5) is 13.2 Å². The maximum atomic E-state index is 13.1. The normalized spacial score (nSPS) is 11.8. The fourth-order valence-corrected chi connectivity index (χ4v) is 3.84. The highest BCUT2D eigenvalue weighted by Crippen LogP contribution is 2.34. The molecule has 4 rings (SSSR count). The highest BCUT2D eigenvalue weighted by molar-refractivity contribution is 7.98. The Balaban J connectivity index is 1.75. The van der Waals surface area contributed by atoms with E-state index in [2.05, 4.69) is 16.0 Å². The van der Waals surface area contributed by atoms with Crippen LogP contribution >= 0.6 is 11.8 Å². The third-order valence-electron chi connectivity index (χ3n) is 4.06. The number of hydrogen-bond donors (Lipinski definition) is 0. The number of alkyl halides is 3. The van der Waals surface area contributed by atoms with Crippen LogP contribution in [-0.4, -0.2) is 14.4 Å². The SMILES string of the molecule is N#Cc1c(CSc2nc(C(F)(F)F)nc3ccccc23)cn2ccccc12. The van der Waals surface area contributed by atoms with E-state index in [1.165, 1.54) is 6.07 Å². The van der Waals surface area contributed by atoms with Crippen molar-refractivity contribution in [2.24, 2.45) is 0 Å². The summed E-state index contributed by atoms with van der Waals surface area (Å²) >= 11 is 1.16. The predicted molar refractivity (Wildman–Crippen MR) is 96.2 cm³/mol. The Labute approximate surface area is 156 Å². The Morgan fingerprint density at radius 2 is 1.85 bits per heavy atom. The Kier molecular flexibility index (Phi) is 4.24. The van der Waals surface area contributed by atoms with E-state index in [-0.39, 0.29) is 10.5 Å². The topological polar surface area (TPSA) is 54.0 Å². The highest BCUT2D eigenvalue weighted by atomic mass is 32.2. The summed E-state index contributed by atoms with van der Waals surface area (Å²) in [6.45, 7) is 0. The lowest BCUT2D eigenvalue weighted by molar-refractivity contribution is -0.145. The predicted octanol–water partition coefficient (Wildman–Crippen LogP) is 5.07. The molecule has 4 nitrogen and oxygen atoms in total. The van der Waals surface area contributed by atoms with Crippen molar-refractivity contribution in [3.05, 3.63) is 71.8 Å². The number of pyridine rings is 1. The molecule has 0 saturated heterocycles. The van der Waals surface area contributed by atoms with Crippen molar-refractivity contribution in [1.82, 2.24) is 14.4 Å². The molecule has 0 radical (unpaired) electrons. The van der Waals surface area contributed by atoms with Gasteiger partial charge in [-0.2, -0.15) is 18.4 Å². The summed E-state index contributed by atoms with van der Waals surface area (Å²) in [6.07, 6.45) is -0.983. The zero-order valence-corrected chi connectivity index (χ0v) is 14.6. The third kappa shape index (κ3) is 3.22. The molecule has 0 atom stereocenters. The van der Waals surface area contributed by atoms with Gasteiger partial charge in [0.15, 0.2) is 0 Å². The monoisotopic (exact) mass is 384 g/mol. The zero-order valence-electron chi connectivity index (χ0n) is 13.7. The van der Waals surface area contributed by atoms with E-state index in [0.29, 0.717) is 16.7 Å². The molecule has 27 heavy (non-hydrogen) atoms. The summed E-state index contributed by atoms with van der Waals surface area (Å²) in [5.41, 5.74) is 2.26. The summed E-state index contributed by atoms with van der Waals surface area (Å²) in [7, 11) is 0. The van der Waals surface area contributed by atoms with Gasteiger partial charge >= 0.3 is 6.18 Å². The zero-order chi connectivity index (χ0) is 19.0. The average Bonchev–Trinajstić information content (AvgIpc) is 3.02. The number of halogens is 3. The first-order valence-electron chi connectivity index (χ1n) is 7.93. The molecule has 8 heteroatoms. The number of aromatic nitrogens is 3. The molecule has 0 N–H and O–H groups in total. The molecule has 3 heterocycles. The summed E-state index contributed by atoms with van der Waals surface area (Å²) in [5.74, 6) is -0.839. The van der Waals surface area contributed by atoms with Gasteiger partial charge in [0.2, 0.25) is 5.82 Å². The van der Waals surface area contributed by atoms with Crippen molar-refractivity contribution in [2.75, 3.05) is 0 Å².